The molecule has 15 heavy (non-hydrogen) atoms. The molecule has 1 aliphatic rings. The molecule has 0 bridgehead atoms. The third kappa shape index (κ3) is 2.23. The minimum atomic E-state index is 0.0289. The van der Waals surface area contributed by atoms with Gasteiger partial charge in [0.2, 0.25) is 5.84 Å². The molecule has 4 nitrogen and oxygen atoms in total. The van der Waals surface area contributed by atoms with E-state index in [1.807, 2.05) is 6.92 Å². The first kappa shape index (κ1) is 10.3. The average molecular weight is 224 g/mol. The van der Waals surface area contributed by atoms with Crippen LogP contribution in [0.25, 0.3) is 0 Å². The number of amidine groups is 1. The smallest absolute Gasteiger partial charge is 0.277 e. The highest BCUT2D eigenvalue weighted by Crippen LogP contribution is 2.22. The van der Waals surface area contributed by atoms with Crippen molar-refractivity contribution in [2.45, 2.75) is 26.7 Å². The molecule has 2 rings (SSSR count). The first-order valence-corrected chi connectivity index (χ1v) is 5.83. The summed E-state index contributed by atoms with van der Waals surface area (Å²) in [6.45, 7) is 4.49. The highest BCUT2D eigenvalue weighted by Gasteiger charge is 2.18. The van der Waals surface area contributed by atoms with Gasteiger partial charge in [0.05, 0.1) is 13.0 Å². The van der Waals surface area contributed by atoms with Gasteiger partial charge in [-0.05, 0) is 13.3 Å². The Morgan fingerprint density at radius 1 is 1.60 bits per heavy atom. The van der Waals surface area contributed by atoms with Gasteiger partial charge in [-0.1, -0.05) is 11.3 Å². The first-order valence-electron chi connectivity index (χ1n) is 5.02. The fourth-order valence-electron chi connectivity index (χ4n) is 1.61. The second-order valence-electron chi connectivity index (χ2n) is 3.61. The number of anilines is 1. The van der Waals surface area contributed by atoms with Crippen LogP contribution in [0.1, 0.15) is 35.1 Å². The number of nitrogens with zero attached hydrogens (tertiary/aromatic N) is 1. The molecule has 2 N–H and O–H groups in total. The predicted octanol–water partition coefficient (Wildman–Crippen LogP) is 0.339. The number of carbonyl (C=O) groups excluding carboxylic acids is 1. The van der Waals surface area contributed by atoms with Crippen LogP contribution in [0.15, 0.2) is 0 Å². The summed E-state index contributed by atoms with van der Waals surface area (Å²) in [5, 5.41) is 4.03. The maximum atomic E-state index is 11.2. The zero-order valence-corrected chi connectivity index (χ0v) is 9.70. The van der Waals surface area contributed by atoms with Crippen LogP contribution in [0.4, 0.5) is 5.13 Å². The number of aryl methyl sites for hydroxylation is 1. The molecule has 0 amide bonds. The highest BCUT2D eigenvalue weighted by atomic mass is 32.1. The zero-order valence-electron chi connectivity index (χ0n) is 8.89. The van der Waals surface area contributed by atoms with Gasteiger partial charge in [0.1, 0.15) is 5.69 Å². The van der Waals surface area contributed by atoms with Gasteiger partial charge in [-0.2, -0.15) is 4.98 Å². The van der Waals surface area contributed by atoms with Crippen LogP contribution in [-0.4, -0.2) is 23.1 Å². The van der Waals surface area contributed by atoms with Crippen LogP contribution in [0, 0.1) is 6.92 Å². The molecule has 2 heterocycles. The fourth-order valence-corrected chi connectivity index (χ4v) is 2.49. The number of hydrogen-bond donors (Lipinski definition) is 2. The van der Waals surface area contributed by atoms with E-state index < -0.39 is 0 Å². The standard InChI is InChI=1S/C10H13N3OS/c1-6(14)9-7(2)15-10(13-9)12-8-4-3-5-11-8/h3-5H2,1-2H3,(H,11,12,13)/p+1. The summed E-state index contributed by atoms with van der Waals surface area (Å²) >= 11 is 1.53. The lowest BCUT2D eigenvalue weighted by Crippen LogP contribution is -2.70. The quantitative estimate of drug-likeness (QED) is 0.712. The van der Waals surface area contributed by atoms with Gasteiger partial charge in [0, 0.05) is 11.8 Å². The number of aromatic nitrogens is 1. The highest BCUT2D eigenvalue weighted by molar-refractivity contribution is 7.16. The van der Waals surface area contributed by atoms with Crippen molar-refractivity contribution < 1.29 is 9.79 Å². The molecule has 80 valence electrons. The molecular formula is C10H14N3OS+. The lowest BCUT2D eigenvalue weighted by Gasteiger charge is -1.90. The Balaban J connectivity index is 2.15. The Kier molecular flexibility index (Phi) is 2.81. The number of carbonyl (C=O) groups is 1. The minimum Gasteiger partial charge on any atom is -0.293 e. The molecule has 0 fully saturated rings. The summed E-state index contributed by atoms with van der Waals surface area (Å²) in [5.74, 6) is 1.14. The van der Waals surface area contributed by atoms with Gasteiger partial charge in [-0.3, -0.25) is 9.79 Å². The predicted molar refractivity (Wildman–Crippen MR) is 60.5 cm³/mol. The van der Waals surface area contributed by atoms with Crippen molar-refractivity contribution in [3.05, 3.63) is 10.6 Å². The van der Waals surface area contributed by atoms with Gasteiger partial charge in [0.15, 0.2) is 5.78 Å². The second-order valence-corrected chi connectivity index (χ2v) is 4.82. The van der Waals surface area contributed by atoms with E-state index in [9.17, 15) is 4.79 Å². The van der Waals surface area contributed by atoms with E-state index in [2.05, 4.69) is 15.3 Å². The Morgan fingerprint density at radius 3 is 2.93 bits per heavy atom. The lowest BCUT2D eigenvalue weighted by atomic mass is 10.3. The van der Waals surface area contributed by atoms with Crippen molar-refractivity contribution in [1.82, 2.24) is 4.98 Å². The largest absolute Gasteiger partial charge is 0.293 e. The molecule has 0 spiro atoms. The maximum absolute atomic E-state index is 11.2. The van der Waals surface area contributed by atoms with Gasteiger partial charge in [-0.25, -0.2) is 5.32 Å². The van der Waals surface area contributed by atoms with Crippen LogP contribution >= 0.6 is 11.3 Å². The SMILES string of the molecule is CC(=O)c1nc(NC2=[NH+]CCC2)sc1C. The Labute approximate surface area is 92.4 Å². The Bertz CT molecular complexity index is 422. The van der Waals surface area contributed by atoms with Crippen molar-refractivity contribution in [2.75, 3.05) is 11.9 Å². The molecule has 0 saturated carbocycles. The number of rotatable bonds is 2. The summed E-state index contributed by atoms with van der Waals surface area (Å²) in [6, 6.07) is 0. The molecule has 0 aromatic carbocycles. The molecular weight excluding hydrogens is 210 g/mol. The van der Waals surface area contributed by atoms with E-state index in [4.69, 9.17) is 0 Å². The Hall–Kier alpha value is -1.23. The molecule has 5 heteroatoms. The number of nitrogens with one attached hydrogen (secondary N) is 2. The van der Waals surface area contributed by atoms with E-state index in [1.165, 1.54) is 11.3 Å². The first-order chi connectivity index (χ1) is 7.16. The molecule has 0 aliphatic carbocycles. The van der Waals surface area contributed by atoms with Gasteiger partial charge < -0.3 is 0 Å². The monoisotopic (exact) mass is 224 g/mol. The molecule has 1 aromatic rings. The van der Waals surface area contributed by atoms with Crippen molar-refractivity contribution in [2.24, 2.45) is 0 Å². The number of hydrogen-bond acceptors (Lipinski definition) is 4. The van der Waals surface area contributed by atoms with Gasteiger partial charge in [-0.15, -0.1) is 0 Å². The molecule has 0 unspecified atom stereocenters. The van der Waals surface area contributed by atoms with Crippen molar-refractivity contribution in [1.29, 1.82) is 0 Å². The minimum absolute atomic E-state index is 0.0289. The van der Waals surface area contributed by atoms with E-state index in [0.29, 0.717) is 5.69 Å². The molecule has 0 atom stereocenters. The van der Waals surface area contributed by atoms with Gasteiger partial charge in [0.25, 0.3) is 5.13 Å². The van der Waals surface area contributed by atoms with Crippen LogP contribution in [0.5, 0.6) is 0 Å². The summed E-state index contributed by atoms with van der Waals surface area (Å²) in [7, 11) is 0. The van der Waals surface area contributed by atoms with Crippen molar-refractivity contribution in [3.63, 3.8) is 0 Å². The lowest BCUT2D eigenvalue weighted by molar-refractivity contribution is -0.447. The normalized spacial score (nSPS) is 15.2. The summed E-state index contributed by atoms with van der Waals surface area (Å²) in [6.07, 6.45) is 2.19. The van der Waals surface area contributed by atoms with Crippen molar-refractivity contribution in [3.8, 4) is 0 Å². The van der Waals surface area contributed by atoms with E-state index >= 15 is 0 Å². The maximum Gasteiger partial charge on any atom is 0.277 e. The molecule has 1 aliphatic heterocycles. The topological polar surface area (TPSA) is 56.0 Å². The average Bonchev–Trinajstić information content (AvgIpc) is 2.75. The van der Waals surface area contributed by atoms with E-state index in [0.717, 1.165) is 35.2 Å². The van der Waals surface area contributed by atoms with Crippen LogP contribution in [-0.2, 0) is 0 Å². The molecule has 0 radical (unpaired) electrons. The van der Waals surface area contributed by atoms with Crippen LogP contribution in [0.2, 0.25) is 0 Å². The number of ketones is 1. The summed E-state index contributed by atoms with van der Waals surface area (Å²) < 4.78 is 0. The number of Topliss-reactive ketones (excluding diaryl/α,β-unsaturated/α-hetero) is 1. The third-order valence-corrected chi connectivity index (χ3v) is 3.22. The van der Waals surface area contributed by atoms with Gasteiger partial charge >= 0.3 is 0 Å². The zero-order chi connectivity index (χ0) is 10.8. The summed E-state index contributed by atoms with van der Waals surface area (Å²) in [5.41, 5.74) is 0.584. The third-order valence-electron chi connectivity index (χ3n) is 2.33. The molecule has 0 saturated heterocycles. The molecule has 1 aromatic heterocycles. The second kappa shape index (κ2) is 4.10. The van der Waals surface area contributed by atoms with Crippen molar-refractivity contribution >= 4 is 28.1 Å². The van der Waals surface area contributed by atoms with Crippen LogP contribution in [0.3, 0.4) is 0 Å². The number of thiazole rings is 1. The fraction of sp³-hybridized carbons (Fsp3) is 0.500. The van der Waals surface area contributed by atoms with Crippen LogP contribution < -0.4 is 10.3 Å². The van der Waals surface area contributed by atoms with E-state index in [1.54, 1.807) is 6.92 Å². The Morgan fingerprint density at radius 2 is 2.40 bits per heavy atom. The summed E-state index contributed by atoms with van der Waals surface area (Å²) in [4.78, 5) is 19.7. The van der Waals surface area contributed by atoms with E-state index in [-0.39, 0.29) is 5.78 Å².